The van der Waals surface area contributed by atoms with Crippen molar-refractivity contribution < 1.29 is 9.53 Å². The minimum absolute atomic E-state index is 0.0270. The van der Waals surface area contributed by atoms with E-state index < -0.39 is 0 Å². The van der Waals surface area contributed by atoms with Gasteiger partial charge in [0.1, 0.15) is 5.75 Å². The molecule has 9 heteroatoms. The summed E-state index contributed by atoms with van der Waals surface area (Å²) in [5.41, 5.74) is 2.56. The largest absolute Gasteiger partial charge is 0.482 e. The van der Waals surface area contributed by atoms with Crippen LogP contribution in [0.4, 0.5) is 11.4 Å². The van der Waals surface area contributed by atoms with Gasteiger partial charge in [-0.15, -0.1) is 11.3 Å². The Bertz CT molecular complexity index is 1060. The van der Waals surface area contributed by atoms with Crippen molar-refractivity contribution in [2.24, 2.45) is 0 Å². The summed E-state index contributed by atoms with van der Waals surface area (Å²) in [6.45, 7) is 2.19. The molecule has 2 aromatic heterocycles. The first-order valence-corrected chi connectivity index (χ1v) is 8.74. The first-order chi connectivity index (χ1) is 12.0. The molecule has 1 aromatic carbocycles. The second kappa shape index (κ2) is 6.05. The number of fused-ring (bicyclic) bond motifs is 2. The normalized spacial score (nSPS) is 13.3. The van der Waals surface area contributed by atoms with E-state index in [0.29, 0.717) is 39.3 Å². The maximum Gasteiger partial charge on any atom is 0.262 e. The van der Waals surface area contributed by atoms with Gasteiger partial charge in [-0.05, 0) is 13.0 Å². The van der Waals surface area contributed by atoms with Crippen LogP contribution in [0, 0.1) is 6.92 Å². The number of hydrogen-bond acceptors (Lipinski definition) is 6. The number of ether oxygens (including phenoxy) is 1. The van der Waals surface area contributed by atoms with Crippen LogP contribution >= 0.6 is 22.9 Å². The number of aryl methyl sites for hydroxylation is 1. The molecule has 0 radical (unpaired) electrons. The number of aromatic nitrogens is 2. The number of nitrogens with one attached hydrogen (secondary N) is 2. The van der Waals surface area contributed by atoms with Gasteiger partial charge in [0, 0.05) is 23.2 Å². The number of amides is 1. The van der Waals surface area contributed by atoms with Crippen molar-refractivity contribution in [3.05, 3.63) is 50.3 Å². The topological polar surface area (TPSA) is 84.7 Å². The van der Waals surface area contributed by atoms with Crippen molar-refractivity contribution in [1.29, 1.82) is 0 Å². The van der Waals surface area contributed by atoms with Gasteiger partial charge in [-0.1, -0.05) is 11.6 Å². The summed E-state index contributed by atoms with van der Waals surface area (Å²) in [6, 6.07) is 4.85. The number of carbonyl (C=O) groups excluding carboxylic acids is 1. The number of anilines is 2. The number of thiazole rings is 1. The van der Waals surface area contributed by atoms with Crippen LogP contribution in [0.25, 0.3) is 4.96 Å². The van der Waals surface area contributed by atoms with Crippen molar-refractivity contribution >= 4 is 45.2 Å². The van der Waals surface area contributed by atoms with Crippen LogP contribution in [-0.4, -0.2) is 21.9 Å². The van der Waals surface area contributed by atoms with Gasteiger partial charge in [-0.2, -0.15) is 0 Å². The molecule has 2 N–H and O–H groups in total. The lowest BCUT2D eigenvalue weighted by Gasteiger charge is -2.20. The van der Waals surface area contributed by atoms with Crippen LogP contribution < -0.4 is 20.9 Å². The Kier molecular flexibility index (Phi) is 3.85. The summed E-state index contributed by atoms with van der Waals surface area (Å²) in [7, 11) is 0. The third-order valence-electron chi connectivity index (χ3n) is 3.79. The summed E-state index contributed by atoms with van der Waals surface area (Å²) in [6.07, 6.45) is 0. The fourth-order valence-corrected chi connectivity index (χ4v) is 3.73. The van der Waals surface area contributed by atoms with Gasteiger partial charge in [-0.25, -0.2) is 4.98 Å². The van der Waals surface area contributed by atoms with E-state index in [9.17, 15) is 9.59 Å². The third-order valence-corrected chi connectivity index (χ3v) is 5.05. The van der Waals surface area contributed by atoms with Crippen LogP contribution in [0.15, 0.2) is 28.4 Å². The molecule has 1 aliphatic rings. The van der Waals surface area contributed by atoms with E-state index in [1.165, 1.54) is 17.4 Å². The number of benzene rings is 1. The van der Waals surface area contributed by atoms with Gasteiger partial charge in [-0.3, -0.25) is 14.0 Å². The second-order valence-corrected chi connectivity index (χ2v) is 6.84. The fraction of sp³-hybridized carbons (Fsp3) is 0.188. The molecule has 0 saturated heterocycles. The summed E-state index contributed by atoms with van der Waals surface area (Å²) >= 11 is 7.67. The zero-order valence-corrected chi connectivity index (χ0v) is 14.7. The first-order valence-electron chi connectivity index (χ1n) is 7.48. The highest BCUT2D eigenvalue weighted by molar-refractivity contribution is 7.15. The molecule has 0 bridgehead atoms. The van der Waals surface area contributed by atoms with Crippen LogP contribution in [0.3, 0.4) is 0 Å². The average Bonchev–Trinajstić information content (AvgIpc) is 2.94. The molecule has 128 valence electrons. The minimum atomic E-state index is -0.214. The van der Waals surface area contributed by atoms with Gasteiger partial charge in [0.15, 0.2) is 11.6 Å². The van der Waals surface area contributed by atoms with E-state index in [1.54, 1.807) is 16.5 Å². The number of halogens is 1. The molecular formula is C16H13ClN4O3S. The third kappa shape index (κ3) is 2.94. The second-order valence-electron chi connectivity index (χ2n) is 5.60. The SMILES string of the molecule is Cc1csc2nc(CNc3cc4c(cc3Cl)NC(=O)CO4)cc(=O)n12. The standard InChI is InChI=1S/C16H13ClN4O3S/c1-8-7-25-16-19-9(2-15(23)21(8)16)5-18-11-4-13-12(3-10(11)17)20-14(22)6-24-13/h2-4,7,18H,5-6H2,1H3,(H,20,22). The van der Waals surface area contributed by atoms with Crippen LogP contribution in [0.1, 0.15) is 11.4 Å². The Hall–Kier alpha value is -2.58. The molecule has 1 aliphatic heterocycles. The fourth-order valence-electron chi connectivity index (χ4n) is 2.61. The lowest BCUT2D eigenvalue weighted by molar-refractivity contribution is -0.118. The van der Waals surface area contributed by atoms with Gasteiger partial charge in [0.2, 0.25) is 0 Å². The smallest absolute Gasteiger partial charge is 0.262 e. The minimum Gasteiger partial charge on any atom is -0.482 e. The maximum absolute atomic E-state index is 12.2. The monoisotopic (exact) mass is 376 g/mol. The first kappa shape index (κ1) is 15.9. The van der Waals surface area contributed by atoms with Gasteiger partial charge < -0.3 is 15.4 Å². The van der Waals surface area contributed by atoms with Gasteiger partial charge in [0.25, 0.3) is 11.5 Å². The highest BCUT2D eigenvalue weighted by Crippen LogP contribution is 2.36. The van der Waals surface area contributed by atoms with Crippen molar-refractivity contribution in [2.45, 2.75) is 13.5 Å². The summed E-state index contributed by atoms with van der Waals surface area (Å²) in [5.74, 6) is 0.331. The Labute approximate surface area is 151 Å². The predicted molar refractivity (Wildman–Crippen MR) is 97.0 cm³/mol. The zero-order chi connectivity index (χ0) is 17.6. The highest BCUT2D eigenvalue weighted by Gasteiger charge is 2.18. The van der Waals surface area contributed by atoms with Crippen molar-refractivity contribution in [3.63, 3.8) is 0 Å². The molecule has 0 atom stereocenters. The van der Waals surface area contributed by atoms with Crippen molar-refractivity contribution in [1.82, 2.24) is 9.38 Å². The molecule has 3 aromatic rings. The lowest BCUT2D eigenvalue weighted by Crippen LogP contribution is -2.25. The molecule has 0 saturated carbocycles. The molecule has 0 spiro atoms. The number of nitrogens with zero attached hydrogens (tertiary/aromatic N) is 2. The average molecular weight is 377 g/mol. The molecular weight excluding hydrogens is 364 g/mol. The molecule has 4 rings (SSSR count). The van der Waals surface area contributed by atoms with E-state index >= 15 is 0 Å². The van der Waals surface area contributed by atoms with Gasteiger partial charge in [0.05, 0.1) is 28.6 Å². The Morgan fingerprint density at radius 3 is 3.08 bits per heavy atom. The van der Waals surface area contributed by atoms with E-state index in [2.05, 4.69) is 15.6 Å². The Balaban J connectivity index is 1.59. The summed E-state index contributed by atoms with van der Waals surface area (Å²) in [4.78, 5) is 28.7. The summed E-state index contributed by atoms with van der Waals surface area (Å²) in [5, 5.41) is 8.19. The Morgan fingerprint density at radius 1 is 1.40 bits per heavy atom. The van der Waals surface area contributed by atoms with E-state index in [-0.39, 0.29) is 18.1 Å². The molecule has 0 unspecified atom stereocenters. The van der Waals surface area contributed by atoms with E-state index in [4.69, 9.17) is 16.3 Å². The van der Waals surface area contributed by atoms with Crippen LogP contribution in [0.2, 0.25) is 5.02 Å². The van der Waals surface area contributed by atoms with Crippen LogP contribution in [-0.2, 0) is 11.3 Å². The molecule has 1 amide bonds. The van der Waals surface area contributed by atoms with Crippen molar-refractivity contribution in [2.75, 3.05) is 17.2 Å². The predicted octanol–water partition coefficient (Wildman–Crippen LogP) is 2.66. The zero-order valence-electron chi connectivity index (χ0n) is 13.1. The van der Waals surface area contributed by atoms with Crippen molar-refractivity contribution in [3.8, 4) is 5.75 Å². The number of hydrogen-bond donors (Lipinski definition) is 2. The molecule has 0 fully saturated rings. The van der Waals surface area contributed by atoms with E-state index in [0.717, 1.165) is 5.69 Å². The maximum atomic E-state index is 12.2. The molecule has 3 heterocycles. The number of carbonyl (C=O) groups is 1. The molecule has 0 aliphatic carbocycles. The Morgan fingerprint density at radius 2 is 2.24 bits per heavy atom. The van der Waals surface area contributed by atoms with E-state index in [1.807, 2.05) is 12.3 Å². The molecule has 7 nitrogen and oxygen atoms in total. The number of rotatable bonds is 3. The lowest BCUT2D eigenvalue weighted by atomic mass is 10.2. The van der Waals surface area contributed by atoms with Crippen LogP contribution in [0.5, 0.6) is 5.75 Å². The van der Waals surface area contributed by atoms with Gasteiger partial charge >= 0.3 is 0 Å². The molecule has 25 heavy (non-hydrogen) atoms. The highest BCUT2D eigenvalue weighted by atomic mass is 35.5. The quantitative estimate of drug-likeness (QED) is 0.734. The summed E-state index contributed by atoms with van der Waals surface area (Å²) < 4.78 is 6.96.